The summed E-state index contributed by atoms with van der Waals surface area (Å²) in [5.74, 6) is 4.81. The van der Waals surface area contributed by atoms with Gasteiger partial charge in [-0.15, -0.1) is 0 Å². The summed E-state index contributed by atoms with van der Waals surface area (Å²) in [4.78, 5) is 10.9. The van der Waals surface area contributed by atoms with E-state index in [1.807, 2.05) is 18.7 Å². The van der Waals surface area contributed by atoms with Crippen molar-refractivity contribution in [3.63, 3.8) is 0 Å². The molecule has 1 aromatic rings. The minimum Gasteiger partial charge on any atom is -0.490 e. The Balaban J connectivity index is 2.27. The Bertz CT molecular complexity index is 380. The van der Waals surface area contributed by atoms with Gasteiger partial charge in [0.1, 0.15) is 6.33 Å². The number of aromatic nitrogens is 2. The fraction of sp³-hybridized carbons (Fsp3) is 0.667. The number of nitrogens with zero attached hydrogens (tertiary/aromatic N) is 3. The normalized spacial score (nSPS) is 16.2. The summed E-state index contributed by atoms with van der Waals surface area (Å²) < 4.78 is 5.49. The van der Waals surface area contributed by atoms with E-state index in [1.54, 1.807) is 13.4 Å². The van der Waals surface area contributed by atoms with Gasteiger partial charge < -0.3 is 15.0 Å². The molecule has 0 unspecified atom stereocenters. The molecule has 1 aromatic heterocycles. The molecule has 2 heterocycles. The summed E-state index contributed by atoms with van der Waals surface area (Å²) in [5.41, 5.74) is 0. The van der Waals surface area contributed by atoms with E-state index in [9.17, 15) is 0 Å². The molecule has 1 aliphatic rings. The van der Waals surface area contributed by atoms with Crippen LogP contribution in [0.4, 0.5) is 11.6 Å². The summed E-state index contributed by atoms with van der Waals surface area (Å²) in [5, 5.41) is 3.21. The zero-order chi connectivity index (χ0) is 12.8. The first-order chi connectivity index (χ1) is 8.86. The second kappa shape index (κ2) is 6.68. The van der Waals surface area contributed by atoms with E-state index in [0.717, 1.165) is 42.8 Å². The Labute approximate surface area is 112 Å². The number of anilines is 2. The quantitative estimate of drug-likeness (QED) is 0.899. The molecule has 0 atom stereocenters. The standard InChI is InChI=1S/C12H20N4OS/c1-3-13-11-10(17-2)12(15-9-14-11)16-5-4-7-18-8-6-16/h9H,3-8H2,1-2H3,(H,13,14,15). The van der Waals surface area contributed by atoms with Crippen LogP contribution in [-0.2, 0) is 0 Å². The first-order valence-corrected chi connectivity index (χ1v) is 7.47. The molecule has 0 saturated carbocycles. The second-order valence-electron chi connectivity index (χ2n) is 4.06. The molecule has 0 aliphatic carbocycles. The average molecular weight is 268 g/mol. The van der Waals surface area contributed by atoms with E-state index in [-0.39, 0.29) is 0 Å². The number of thioether (sulfide) groups is 1. The van der Waals surface area contributed by atoms with E-state index < -0.39 is 0 Å². The molecular weight excluding hydrogens is 248 g/mol. The molecule has 18 heavy (non-hydrogen) atoms. The van der Waals surface area contributed by atoms with Crippen molar-refractivity contribution in [1.82, 2.24) is 9.97 Å². The van der Waals surface area contributed by atoms with E-state index in [4.69, 9.17) is 4.74 Å². The van der Waals surface area contributed by atoms with Gasteiger partial charge in [0.25, 0.3) is 0 Å². The molecule has 1 aliphatic heterocycles. The van der Waals surface area contributed by atoms with Gasteiger partial charge in [0, 0.05) is 25.4 Å². The van der Waals surface area contributed by atoms with Crippen molar-refractivity contribution >= 4 is 23.4 Å². The van der Waals surface area contributed by atoms with Crippen molar-refractivity contribution in [3.05, 3.63) is 6.33 Å². The molecule has 100 valence electrons. The van der Waals surface area contributed by atoms with Crippen LogP contribution >= 0.6 is 11.8 Å². The van der Waals surface area contributed by atoms with Crippen LogP contribution in [0.3, 0.4) is 0 Å². The van der Waals surface area contributed by atoms with Crippen LogP contribution in [0, 0.1) is 0 Å². The molecule has 2 rings (SSSR count). The molecule has 0 amide bonds. The van der Waals surface area contributed by atoms with Crippen LogP contribution in [0.25, 0.3) is 0 Å². The van der Waals surface area contributed by atoms with Crippen molar-refractivity contribution in [3.8, 4) is 5.75 Å². The van der Waals surface area contributed by atoms with Crippen LogP contribution in [0.15, 0.2) is 6.33 Å². The lowest BCUT2D eigenvalue weighted by Crippen LogP contribution is -2.27. The van der Waals surface area contributed by atoms with Gasteiger partial charge in [0.2, 0.25) is 5.75 Å². The van der Waals surface area contributed by atoms with Gasteiger partial charge in [-0.25, -0.2) is 9.97 Å². The highest BCUT2D eigenvalue weighted by molar-refractivity contribution is 7.99. The van der Waals surface area contributed by atoms with Gasteiger partial charge in [0.05, 0.1) is 7.11 Å². The SMILES string of the molecule is CCNc1ncnc(N2CCCSCC2)c1OC. The number of nitrogens with one attached hydrogen (secondary N) is 1. The molecule has 1 fully saturated rings. The largest absolute Gasteiger partial charge is 0.490 e. The predicted molar refractivity (Wildman–Crippen MR) is 76.9 cm³/mol. The number of hydrogen-bond donors (Lipinski definition) is 1. The maximum absolute atomic E-state index is 5.49. The fourth-order valence-electron chi connectivity index (χ4n) is 2.03. The van der Waals surface area contributed by atoms with E-state index >= 15 is 0 Å². The van der Waals surface area contributed by atoms with Crippen LogP contribution in [0.1, 0.15) is 13.3 Å². The maximum atomic E-state index is 5.49. The topological polar surface area (TPSA) is 50.3 Å². The van der Waals surface area contributed by atoms with Crippen molar-refractivity contribution in [2.24, 2.45) is 0 Å². The molecule has 1 saturated heterocycles. The van der Waals surface area contributed by atoms with Gasteiger partial charge in [-0.3, -0.25) is 0 Å². The fourth-order valence-corrected chi connectivity index (χ4v) is 2.92. The van der Waals surface area contributed by atoms with E-state index in [1.165, 1.54) is 12.2 Å². The van der Waals surface area contributed by atoms with Crippen molar-refractivity contribution in [1.29, 1.82) is 0 Å². The highest BCUT2D eigenvalue weighted by atomic mass is 32.2. The van der Waals surface area contributed by atoms with Crippen LogP contribution < -0.4 is 15.0 Å². The lowest BCUT2D eigenvalue weighted by Gasteiger charge is -2.23. The first kappa shape index (κ1) is 13.3. The Kier molecular flexibility index (Phi) is 4.92. The zero-order valence-corrected chi connectivity index (χ0v) is 11.8. The molecule has 0 radical (unpaired) electrons. The summed E-state index contributed by atoms with van der Waals surface area (Å²) in [6, 6.07) is 0. The average Bonchev–Trinajstić information content (AvgIpc) is 2.67. The third-order valence-corrected chi connectivity index (χ3v) is 3.90. The summed E-state index contributed by atoms with van der Waals surface area (Å²) in [6.07, 6.45) is 2.79. The molecule has 6 heteroatoms. The maximum Gasteiger partial charge on any atom is 0.204 e. The van der Waals surface area contributed by atoms with Crippen molar-refractivity contribution in [2.75, 3.05) is 48.5 Å². The molecule has 0 spiro atoms. The lowest BCUT2D eigenvalue weighted by molar-refractivity contribution is 0.412. The minimum atomic E-state index is 0.756. The van der Waals surface area contributed by atoms with Crippen LogP contribution in [0.5, 0.6) is 5.75 Å². The van der Waals surface area contributed by atoms with Gasteiger partial charge in [-0.1, -0.05) is 0 Å². The third kappa shape index (κ3) is 2.98. The van der Waals surface area contributed by atoms with Crippen molar-refractivity contribution < 1.29 is 4.74 Å². The lowest BCUT2D eigenvalue weighted by atomic mass is 10.3. The highest BCUT2D eigenvalue weighted by Crippen LogP contribution is 2.32. The van der Waals surface area contributed by atoms with Gasteiger partial charge >= 0.3 is 0 Å². The summed E-state index contributed by atoms with van der Waals surface area (Å²) in [6.45, 7) is 4.92. The molecule has 1 N–H and O–H groups in total. The number of hydrogen-bond acceptors (Lipinski definition) is 6. The zero-order valence-electron chi connectivity index (χ0n) is 11.0. The van der Waals surface area contributed by atoms with E-state index in [2.05, 4.69) is 20.2 Å². The van der Waals surface area contributed by atoms with Gasteiger partial charge in [-0.2, -0.15) is 11.8 Å². The Hall–Kier alpha value is -1.17. The van der Waals surface area contributed by atoms with E-state index in [0.29, 0.717) is 0 Å². The molecular formula is C12H20N4OS. The first-order valence-electron chi connectivity index (χ1n) is 6.32. The van der Waals surface area contributed by atoms with Gasteiger partial charge in [0.15, 0.2) is 11.6 Å². The van der Waals surface area contributed by atoms with Crippen LogP contribution in [0.2, 0.25) is 0 Å². The second-order valence-corrected chi connectivity index (χ2v) is 5.29. The third-order valence-electron chi connectivity index (χ3n) is 2.86. The Morgan fingerprint density at radius 3 is 3.06 bits per heavy atom. The number of rotatable bonds is 4. The summed E-state index contributed by atoms with van der Waals surface area (Å²) in [7, 11) is 1.68. The Morgan fingerprint density at radius 1 is 1.39 bits per heavy atom. The monoisotopic (exact) mass is 268 g/mol. The molecule has 0 aromatic carbocycles. The highest BCUT2D eigenvalue weighted by Gasteiger charge is 2.19. The van der Waals surface area contributed by atoms with Crippen molar-refractivity contribution in [2.45, 2.75) is 13.3 Å². The smallest absolute Gasteiger partial charge is 0.204 e. The minimum absolute atomic E-state index is 0.756. The Morgan fingerprint density at radius 2 is 2.28 bits per heavy atom. The molecule has 5 nitrogen and oxygen atoms in total. The molecule has 0 bridgehead atoms. The van der Waals surface area contributed by atoms with Crippen LogP contribution in [-0.4, -0.2) is 48.2 Å². The summed E-state index contributed by atoms with van der Waals surface area (Å²) >= 11 is 2.00. The predicted octanol–water partition coefficient (Wildman–Crippen LogP) is 1.86. The number of methoxy groups -OCH3 is 1. The van der Waals surface area contributed by atoms with Gasteiger partial charge in [-0.05, 0) is 19.1 Å². The number of ether oxygens (including phenoxy) is 1.